The topological polar surface area (TPSA) is 66.5 Å². The fourth-order valence-corrected chi connectivity index (χ4v) is 1.27. The van der Waals surface area contributed by atoms with Gasteiger partial charge in [0.1, 0.15) is 6.29 Å². The molecule has 1 aromatic rings. The molecule has 0 radical (unpaired) electrons. The average Bonchev–Trinajstić information content (AvgIpc) is 2.45. The number of amides is 2. The van der Waals surface area contributed by atoms with Crippen molar-refractivity contribution in [2.45, 2.75) is 0 Å². The number of rotatable bonds is 5. The lowest BCUT2D eigenvalue weighted by molar-refractivity contribution is -0.137. The number of nitrogens with zero attached hydrogens (tertiary/aromatic N) is 1. The van der Waals surface area contributed by atoms with Crippen LogP contribution in [0.3, 0.4) is 0 Å². The molecule has 0 aliphatic rings. The Hall–Kier alpha value is -2.69. The predicted molar refractivity (Wildman–Crippen MR) is 71.6 cm³/mol. The van der Waals surface area contributed by atoms with Crippen molar-refractivity contribution >= 4 is 24.2 Å². The number of carbonyl (C=O) groups excluding carboxylic acids is 3. The number of hydrogen-bond acceptors (Lipinski definition) is 3. The Balaban J connectivity index is 2.71. The Kier molecular flexibility index (Phi) is 5.75. The highest BCUT2D eigenvalue weighted by atomic mass is 16.2. The second kappa shape index (κ2) is 7.60. The summed E-state index contributed by atoms with van der Waals surface area (Å²) in [6.45, 7) is 3.05. The van der Waals surface area contributed by atoms with Crippen LogP contribution in [0, 0.1) is 0 Å². The minimum atomic E-state index is -0.552. The van der Waals surface area contributed by atoms with E-state index in [1.165, 1.54) is 6.08 Å². The summed E-state index contributed by atoms with van der Waals surface area (Å²) < 4.78 is 0. The first kappa shape index (κ1) is 14.4. The van der Waals surface area contributed by atoms with E-state index >= 15 is 0 Å². The van der Waals surface area contributed by atoms with E-state index in [4.69, 9.17) is 0 Å². The highest BCUT2D eigenvalue weighted by Crippen LogP contribution is 2.01. The van der Waals surface area contributed by atoms with Gasteiger partial charge < -0.3 is 4.79 Å². The number of hydrazine groups is 1. The molecule has 19 heavy (non-hydrogen) atoms. The normalized spacial score (nSPS) is 9.89. The van der Waals surface area contributed by atoms with Crippen molar-refractivity contribution in [1.29, 1.82) is 0 Å². The quantitative estimate of drug-likeness (QED) is 0.485. The van der Waals surface area contributed by atoms with E-state index in [0.717, 1.165) is 16.6 Å². The van der Waals surface area contributed by atoms with Crippen LogP contribution in [0.2, 0.25) is 0 Å². The third-order valence-corrected chi connectivity index (χ3v) is 2.17. The third-order valence-electron chi connectivity index (χ3n) is 2.17. The zero-order valence-electron chi connectivity index (χ0n) is 10.3. The molecule has 0 aromatic heterocycles. The Morgan fingerprint density at radius 2 is 1.95 bits per heavy atom. The van der Waals surface area contributed by atoms with Crippen molar-refractivity contribution in [1.82, 2.24) is 10.4 Å². The summed E-state index contributed by atoms with van der Waals surface area (Å²) >= 11 is 0. The van der Waals surface area contributed by atoms with E-state index < -0.39 is 11.8 Å². The van der Waals surface area contributed by atoms with Gasteiger partial charge in [0, 0.05) is 6.08 Å². The van der Waals surface area contributed by atoms with Gasteiger partial charge in [-0.25, -0.2) is 5.01 Å². The van der Waals surface area contributed by atoms with Gasteiger partial charge >= 0.3 is 0 Å². The molecule has 0 atom stereocenters. The Morgan fingerprint density at radius 1 is 1.26 bits per heavy atom. The highest BCUT2D eigenvalue weighted by Gasteiger charge is 2.11. The third kappa shape index (κ3) is 4.99. The van der Waals surface area contributed by atoms with Gasteiger partial charge in [-0.05, 0) is 17.7 Å². The van der Waals surface area contributed by atoms with Crippen LogP contribution < -0.4 is 5.43 Å². The van der Waals surface area contributed by atoms with Crippen molar-refractivity contribution in [2.75, 3.05) is 6.54 Å². The molecule has 5 nitrogen and oxygen atoms in total. The fraction of sp³-hybridized carbons (Fsp3) is 0.0714. The zero-order chi connectivity index (χ0) is 14.1. The number of benzene rings is 1. The maximum atomic E-state index is 11.8. The summed E-state index contributed by atoms with van der Waals surface area (Å²) in [4.78, 5) is 33.4. The van der Waals surface area contributed by atoms with E-state index in [-0.39, 0.29) is 6.54 Å². The van der Waals surface area contributed by atoms with Crippen LogP contribution in [-0.4, -0.2) is 29.7 Å². The van der Waals surface area contributed by atoms with Gasteiger partial charge in [0.25, 0.3) is 11.8 Å². The van der Waals surface area contributed by atoms with Crippen LogP contribution in [0.25, 0.3) is 6.08 Å². The SMILES string of the molecule is C=CC(=O)NN(CC=O)C(=O)C=Cc1ccccc1. The summed E-state index contributed by atoms with van der Waals surface area (Å²) in [5.41, 5.74) is 3.09. The second-order valence-electron chi connectivity index (χ2n) is 3.54. The molecule has 0 bridgehead atoms. The molecule has 0 aliphatic carbocycles. The predicted octanol–water partition coefficient (Wildman–Crippen LogP) is 0.944. The van der Waals surface area contributed by atoms with Gasteiger partial charge in [0.2, 0.25) is 0 Å². The monoisotopic (exact) mass is 258 g/mol. The fourth-order valence-electron chi connectivity index (χ4n) is 1.27. The number of hydrogen-bond donors (Lipinski definition) is 1. The van der Waals surface area contributed by atoms with Crippen LogP contribution in [0.1, 0.15) is 5.56 Å². The smallest absolute Gasteiger partial charge is 0.265 e. The molecular weight excluding hydrogens is 244 g/mol. The molecule has 1 N–H and O–H groups in total. The van der Waals surface area contributed by atoms with Crippen molar-refractivity contribution in [3.63, 3.8) is 0 Å². The maximum absolute atomic E-state index is 11.8. The lowest BCUT2D eigenvalue weighted by atomic mass is 10.2. The van der Waals surface area contributed by atoms with Gasteiger partial charge in [0.15, 0.2) is 0 Å². The molecule has 1 rings (SSSR count). The van der Waals surface area contributed by atoms with Gasteiger partial charge in [-0.2, -0.15) is 0 Å². The van der Waals surface area contributed by atoms with E-state index in [9.17, 15) is 14.4 Å². The first-order valence-corrected chi connectivity index (χ1v) is 5.58. The molecule has 0 saturated heterocycles. The summed E-state index contributed by atoms with van der Waals surface area (Å²) in [5, 5.41) is 0.913. The van der Waals surface area contributed by atoms with Crippen LogP contribution in [-0.2, 0) is 14.4 Å². The number of carbonyl (C=O) groups is 3. The Morgan fingerprint density at radius 3 is 2.53 bits per heavy atom. The Labute approximate surface area is 111 Å². The molecule has 5 heteroatoms. The second-order valence-corrected chi connectivity index (χ2v) is 3.54. The molecule has 98 valence electrons. The minimum absolute atomic E-state index is 0.225. The maximum Gasteiger partial charge on any atom is 0.265 e. The van der Waals surface area contributed by atoms with Gasteiger partial charge in [-0.1, -0.05) is 36.9 Å². The number of aldehydes is 1. The molecule has 0 spiro atoms. The van der Waals surface area contributed by atoms with Crippen molar-refractivity contribution in [2.24, 2.45) is 0 Å². The van der Waals surface area contributed by atoms with Crippen LogP contribution >= 0.6 is 0 Å². The molecular formula is C14H14N2O3. The number of nitrogens with one attached hydrogen (secondary N) is 1. The van der Waals surface area contributed by atoms with Crippen molar-refractivity contribution in [3.8, 4) is 0 Å². The molecule has 0 aliphatic heterocycles. The molecule has 0 saturated carbocycles. The summed E-state index contributed by atoms with van der Waals surface area (Å²) in [5.74, 6) is -1.05. The van der Waals surface area contributed by atoms with Crippen LogP contribution in [0.4, 0.5) is 0 Å². The first-order chi connectivity index (χ1) is 9.17. The van der Waals surface area contributed by atoms with Crippen molar-refractivity contribution < 1.29 is 14.4 Å². The zero-order valence-corrected chi connectivity index (χ0v) is 10.3. The summed E-state index contributed by atoms with van der Waals surface area (Å²) in [6, 6.07) is 9.20. The largest absolute Gasteiger partial charge is 0.301 e. The van der Waals surface area contributed by atoms with Gasteiger partial charge in [-0.15, -0.1) is 0 Å². The molecule has 2 amide bonds. The lowest BCUT2D eigenvalue weighted by Crippen LogP contribution is -2.45. The first-order valence-electron chi connectivity index (χ1n) is 5.58. The Bertz CT molecular complexity index is 495. The van der Waals surface area contributed by atoms with E-state index in [0.29, 0.717) is 6.29 Å². The molecule has 1 aromatic carbocycles. The van der Waals surface area contributed by atoms with Crippen LogP contribution in [0.15, 0.2) is 49.1 Å². The van der Waals surface area contributed by atoms with E-state index in [1.807, 2.05) is 30.3 Å². The summed E-state index contributed by atoms with van der Waals surface area (Å²) in [6.07, 6.45) is 4.42. The van der Waals surface area contributed by atoms with E-state index in [2.05, 4.69) is 12.0 Å². The van der Waals surface area contributed by atoms with Gasteiger partial charge in [-0.3, -0.25) is 15.0 Å². The molecule has 0 heterocycles. The van der Waals surface area contributed by atoms with E-state index in [1.54, 1.807) is 6.08 Å². The van der Waals surface area contributed by atoms with Gasteiger partial charge in [0.05, 0.1) is 6.54 Å². The highest BCUT2D eigenvalue weighted by molar-refractivity contribution is 5.95. The molecule has 0 unspecified atom stereocenters. The van der Waals surface area contributed by atoms with Crippen molar-refractivity contribution in [3.05, 3.63) is 54.6 Å². The summed E-state index contributed by atoms with van der Waals surface area (Å²) in [7, 11) is 0. The van der Waals surface area contributed by atoms with Crippen LogP contribution in [0.5, 0.6) is 0 Å². The standard InChI is InChI=1S/C14H14N2O3/c1-2-13(18)15-16(10-11-17)14(19)9-8-12-6-4-3-5-7-12/h2-9,11H,1,10H2,(H,15,18). The minimum Gasteiger partial charge on any atom is -0.301 e. The lowest BCUT2D eigenvalue weighted by Gasteiger charge is -2.18. The average molecular weight is 258 g/mol. The molecule has 0 fully saturated rings.